The maximum absolute atomic E-state index is 12.9. The second kappa shape index (κ2) is 6.36. The third kappa shape index (κ3) is 3.22. The van der Waals surface area contributed by atoms with Gasteiger partial charge in [-0.2, -0.15) is 0 Å². The number of likely N-dealkylation sites (tertiary alicyclic amines) is 1. The van der Waals surface area contributed by atoms with Crippen molar-refractivity contribution < 1.29 is 18.3 Å². The fraction of sp³-hybridized carbons (Fsp3) is 0.333. The fourth-order valence-electron chi connectivity index (χ4n) is 2.29. The number of nitrogens with zero attached hydrogens (tertiary/aromatic N) is 2. The van der Waals surface area contributed by atoms with Gasteiger partial charge in [-0.3, -0.25) is 4.79 Å². The largest absolute Gasteiger partial charge is 0.482 e. The number of hydrogen-bond acceptors (Lipinski definition) is 4. The number of aromatic nitrogens is 1. The lowest BCUT2D eigenvalue weighted by molar-refractivity contribution is 0.0787. The highest BCUT2D eigenvalue weighted by atomic mass is 35.5. The molecule has 5 nitrogen and oxygen atoms in total. The molecule has 1 aliphatic rings. The van der Waals surface area contributed by atoms with Gasteiger partial charge in [0.05, 0.1) is 5.02 Å². The highest BCUT2D eigenvalue weighted by Crippen LogP contribution is 2.25. The maximum atomic E-state index is 12.9. The summed E-state index contributed by atoms with van der Waals surface area (Å²) < 4.78 is 23.6. The van der Waals surface area contributed by atoms with E-state index in [2.05, 4.69) is 4.98 Å². The van der Waals surface area contributed by atoms with Crippen molar-refractivity contribution in [3.63, 3.8) is 0 Å². The molecule has 0 bridgehead atoms. The van der Waals surface area contributed by atoms with Crippen molar-refractivity contribution in [3.8, 4) is 5.75 Å². The molecule has 1 aromatic heterocycles. The Labute approximate surface area is 131 Å². The van der Waals surface area contributed by atoms with E-state index >= 15 is 0 Å². The van der Waals surface area contributed by atoms with Gasteiger partial charge in [0.25, 0.3) is 5.91 Å². The van der Waals surface area contributed by atoms with Crippen molar-refractivity contribution in [1.82, 2.24) is 9.88 Å². The molecule has 0 unspecified atom stereocenters. The highest BCUT2D eigenvalue weighted by Gasteiger charge is 2.22. The molecule has 3 rings (SSSR count). The van der Waals surface area contributed by atoms with Crippen LogP contribution in [0.25, 0.3) is 0 Å². The highest BCUT2D eigenvalue weighted by molar-refractivity contribution is 6.32. The minimum Gasteiger partial charge on any atom is -0.482 e. The molecule has 116 valence electrons. The van der Waals surface area contributed by atoms with Gasteiger partial charge in [0.1, 0.15) is 17.8 Å². The zero-order valence-corrected chi connectivity index (χ0v) is 12.5. The van der Waals surface area contributed by atoms with Crippen LogP contribution in [0.5, 0.6) is 5.75 Å². The van der Waals surface area contributed by atoms with Crippen molar-refractivity contribution in [3.05, 3.63) is 46.9 Å². The molecule has 7 heteroatoms. The minimum atomic E-state index is -0.438. The van der Waals surface area contributed by atoms with Crippen LogP contribution in [0.3, 0.4) is 0 Å². The van der Waals surface area contributed by atoms with E-state index in [1.54, 1.807) is 4.90 Å². The van der Waals surface area contributed by atoms with Crippen LogP contribution in [0, 0.1) is 5.82 Å². The summed E-state index contributed by atoms with van der Waals surface area (Å²) in [6.07, 6.45) is 3.36. The summed E-state index contributed by atoms with van der Waals surface area (Å²) in [5.74, 6) is 0.0240. The Morgan fingerprint density at radius 3 is 2.91 bits per heavy atom. The first-order valence-electron chi connectivity index (χ1n) is 6.95. The normalized spacial score (nSPS) is 14.4. The first kappa shape index (κ1) is 14.8. The van der Waals surface area contributed by atoms with Gasteiger partial charge in [0, 0.05) is 13.1 Å². The molecule has 0 N–H and O–H groups in total. The van der Waals surface area contributed by atoms with Gasteiger partial charge >= 0.3 is 0 Å². The van der Waals surface area contributed by atoms with E-state index in [9.17, 15) is 9.18 Å². The van der Waals surface area contributed by atoms with Gasteiger partial charge in [0.15, 0.2) is 12.3 Å². The Hall–Kier alpha value is -2.08. The predicted molar refractivity (Wildman–Crippen MR) is 77.4 cm³/mol. The van der Waals surface area contributed by atoms with E-state index < -0.39 is 5.82 Å². The lowest BCUT2D eigenvalue weighted by Crippen LogP contribution is -2.27. The molecule has 2 heterocycles. The van der Waals surface area contributed by atoms with Gasteiger partial charge in [0.2, 0.25) is 5.89 Å². The zero-order chi connectivity index (χ0) is 15.5. The van der Waals surface area contributed by atoms with E-state index in [1.165, 1.54) is 18.4 Å². The quantitative estimate of drug-likeness (QED) is 0.866. The summed E-state index contributed by atoms with van der Waals surface area (Å²) in [5.41, 5.74) is 0.269. The molecular weight excluding hydrogens is 311 g/mol. The number of carbonyl (C=O) groups excluding carboxylic acids is 1. The number of hydrogen-bond donors (Lipinski definition) is 0. The van der Waals surface area contributed by atoms with E-state index in [4.69, 9.17) is 20.8 Å². The van der Waals surface area contributed by atoms with Gasteiger partial charge in [-0.15, -0.1) is 0 Å². The third-order valence-corrected chi connectivity index (χ3v) is 3.70. The molecule has 0 aliphatic carbocycles. The third-order valence-electron chi connectivity index (χ3n) is 3.41. The van der Waals surface area contributed by atoms with E-state index in [1.807, 2.05) is 0 Å². The van der Waals surface area contributed by atoms with Crippen LogP contribution in [-0.2, 0) is 6.61 Å². The molecular formula is C15H14ClFN2O3. The monoisotopic (exact) mass is 324 g/mol. The number of rotatable bonds is 4. The topological polar surface area (TPSA) is 55.6 Å². The van der Waals surface area contributed by atoms with Crippen LogP contribution in [0.1, 0.15) is 29.2 Å². The van der Waals surface area contributed by atoms with Crippen molar-refractivity contribution in [1.29, 1.82) is 0 Å². The molecule has 0 radical (unpaired) electrons. The number of benzene rings is 1. The average molecular weight is 325 g/mol. The van der Waals surface area contributed by atoms with Gasteiger partial charge in [-0.05, 0) is 31.0 Å². The number of ether oxygens (including phenoxy) is 1. The lowest BCUT2D eigenvalue weighted by atomic mass is 10.3. The van der Waals surface area contributed by atoms with Crippen LogP contribution < -0.4 is 4.74 Å². The fourth-order valence-corrected chi connectivity index (χ4v) is 2.51. The van der Waals surface area contributed by atoms with E-state index in [-0.39, 0.29) is 29.1 Å². The van der Waals surface area contributed by atoms with Gasteiger partial charge < -0.3 is 14.1 Å². The van der Waals surface area contributed by atoms with Crippen molar-refractivity contribution in [2.75, 3.05) is 13.1 Å². The average Bonchev–Trinajstić information content (AvgIpc) is 3.17. The summed E-state index contributed by atoms with van der Waals surface area (Å²) in [6, 6.07) is 3.84. The Morgan fingerprint density at radius 2 is 2.18 bits per heavy atom. The molecule has 1 saturated heterocycles. The number of oxazole rings is 1. The van der Waals surface area contributed by atoms with Crippen LogP contribution in [0.2, 0.25) is 5.02 Å². The Balaban J connectivity index is 1.63. The summed E-state index contributed by atoms with van der Waals surface area (Å²) in [6.45, 7) is 1.52. The number of amides is 1. The second-order valence-electron chi connectivity index (χ2n) is 4.99. The van der Waals surface area contributed by atoms with Crippen molar-refractivity contribution in [2.45, 2.75) is 19.4 Å². The van der Waals surface area contributed by atoms with Gasteiger partial charge in [-0.1, -0.05) is 11.6 Å². The number of halogens is 2. The van der Waals surface area contributed by atoms with Crippen LogP contribution in [0.4, 0.5) is 4.39 Å². The van der Waals surface area contributed by atoms with Crippen molar-refractivity contribution >= 4 is 17.5 Å². The minimum absolute atomic E-state index is 0.0125. The summed E-state index contributed by atoms with van der Waals surface area (Å²) >= 11 is 5.86. The van der Waals surface area contributed by atoms with Crippen LogP contribution in [0.15, 0.2) is 28.9 Å². The standard InChI is InChI=1S/C15H14ClFN2O3/c16-11-7-10(17)3-4-13(11)21-9-14-18-12(8-22-14)15(20)19-5-1-2-6-19/h3-4,7-8H,1-2,5-6,9H2. The maximum Gasteiger partial charge on any atom is 0.275 e. The predicted octanol–water partition coefficient (Wildman–Crippen LogP) is 3.28. The first-order chi connectivity index (χ1) is 10.6. The first-order valence-corrected chi connectivity index (χ1v) is 7.33. The second-order valence-corrected chi connectivity index (χ2v) is 5.40. The molecule has 1 fully saturated rings. The van der Waals surface area contributed by atoms with Crippen molar-refractivity contribution in [2.24, 2.45) is 0 Å². The van der Waals surface area contributed by atoms with E-state index in [0.29, 0.717) is 5.75 Å². The number of carbonyl (C=O) groups is 1. The molecule has 22 heavy (non-hydrogen) atoms. The van der Waals surface area contributed by atoms with Crippen LogP contribution >= 0.6 is 11.6 Å². The smallest absolute Gasteiger partial charge is 0.275 e. The summed E-state index contributed by atoms with van der Waals surface area (Å²) in [7, 11) is 0. The van der Waals surface area contributed by atoms with Gasteiger partial charge in [-0.25, -0.2) is 9.37 Å². The summed E-state index contributed by atoms with van der Waals surface area (Å²) in [4.78, 5) is 18.0. The molecule has 0 spiro atoms. The van der Waals surface area contributed by atoms with E-state index in [0.717, 1.165) is 32.0 Å². The summed E-state index contributed by atoms with van der Waals surface area (Å²) in [5, 5.41) is 0.167. The molecule has 1 amide bonds. The SMILES string of the molecule is O=C(c1coc(COc2ccc(F)cc2Cl)n1)N1CCCC1. The van der Waals surface area contributed by atoms with Crippen LogP contribution in [-0.4, -0.2) is 28.9 Å². The molecule has 0 atom stereocenters. The Kier molecular flexibility index (Phi) is 4.29. The molecule has 0 saturated carbocycles. The Morgan fingerprint density at radius 1 is 1.41 bits per heavy atom. The molecule has 1 aliphatic heterocycles. The molecule has 2 aromatic rings. The Bertz CT molecular complexity index is 683. The molecule has 1 aromatic carbocycles. The zero-order valence-electron chi connectivity index (χ0n) is 11.7. The lowest BCUT2D eigenvalue weighted by Gasteiger charge is -2.12.